The molecular weight excluding hydrogens is 278 g/mol. The number of ether oxygens (including phenoxy) is 1. The third-order valence-electron chi connectivity index (χ3n) is 3.81. The van der Waals surface area contributed by atoms with Crippen LogP contribution in [0.5, 0.6) is 5.75 Å². The third kappa shape index (κ3) is 3.09. The van der Waals surface area contributed by atoms with Gasteiger partial charge in [-0.25, -0.2) is 0 Å². The standard InChI is InChI=1S/C18H21NOS/c1-12(2)20-14-9-7-13(8-10-14)18(19)16-11-21-17-6-4-3-5-15(16)17/h3-10,12,16,18H,11,19H2,1-2H3. The molecule has 0 bridgehead atoms. The summed E-state index contributed by atoms with van der Waals surface area (Å²) < 4.78 is 5.69. The van der Waals surface area contributed by atoms with E-state index in [1.165, 1.54) is 16.0 Å². The lowest BCUT2D eigenvalue weighted by molar-refractivity contribution is 0.242. The quantitative estimate of drug-likeness (QED) is 0.911. The molecule has 2 atom stereocenters. The summed E-state index contributed by atoms with van der Waals surface area (Å²) in [6.07, 6.45) is 0.197. The van der Waals surface area contributed by atoms with E-state index in [9.17, 15) is 0 Å². The van der Waals surface area contributed by atoms with Crippen LogP contribution in [0.4, 0.5) is 0 Å². The van der Waals surface area contributed by atoms with Gasteiger partial charge in [0.2, 0.25) is 0 Å². The molecule has 0 saturated heterocycles. The second-order valence-corrected chi connectivity index (χ2v) is 6.78. The first kappa shape index (κ1) is 14.5. The molecule has 0 radical (unpaired) electrons. The fourth-order valence-electron chi connectivity index (χ4n) is 2.76. The zero-order valence-corrected chi connectivity index (χ0v) is 13.3. The molecule has 2 unspecified atom stereocenters. The van der Waals surface area contributed by atoms with Crippen molar-refractivity contribution in [3.8, 4) is 5.75 Å². The van der Waals surface area contributed by atoms with Crippen molar-refractivity contribution < 1.29 is 4.74 Å². The maximum atomic E-state index is 6.51. The highest BCUT2D eigenvalue weighted by Crippen LogP contribution is 2.44. The summed E-state index contributed by atoms with van der Waals surface area (Å²) in [4.78, 5) is 1.37. The summed E-state index contributed by atoms with van der Waals surface area (Å²) in [5.41, 5.74) is 9.07. The van der Waals surface area contributed by atoms with Gasteiger partial charge in [0.1, 0.15) is 5.75 Å². The molecule has 3 rings (SSSR count). The zero-order valence-electron chi connectivity index (χ0n) is 12.5. The Balaban J connectivity index is 1.78. The van der Waals surface area contributed by atoms with Gasteiger partial charge in [0.25, 0.3) is 0 Å². The van der Waals surface area contributed by atoms with Gasteiger partial charge >= 0.3 is 0 Å². The van der Waals surface area contributed by atoms with Crippen molar-refractivity contribution in [2.75, 3.05) is 5.75 Å². The summed E-state index contributed by atoms with van der Waals surface area (Å²) in [6.45, 7) is 4.07. The van der Waals surface area contributed by atoms with E-state index in [0.29, 0.717) is 5.92 Å². The van der Waals surface area contributed by atoms with Gasteiger partial charge in [-0.3, -0.25) is 0 Å². The molecule has 2 aromatic carbocycles. The Hall–Kier alpha value is -1.45. The minimum Gasteiger partial charge on any atom is -0.491 e. The van der Waals surface area contributed by atoms with Crippen LogP contribution in [-0.4, -0.2) is 11.9 Å². The Morgan fingerprint density at radius 2 is 1.81 bits per heavy atom. The van der Waals surface area contributed by atoms with Crippen LogP contribution in [0.25, 0.3) is 0 Å². The Morgan fingerprint density at radius 3 is 2.52 bits per heavy atom. The Labute approximate surface area is 130 Å². The molecule has 0 aliphatic carbocycles. The van der Waals surface area contributed by atoms with E-state index in [2.05, 4.69) is 36.4 Å². The Kier molecular flexibility index (Phi) is 4.22. The second-order valence-electron chi connectivity index (χ2n) is 5.72. The number of fused-ring (bicyclic) bond motifs is 1. The third-order valence-corrected chi connectivity index (χ3v) is 5.02. The average Bonchev–Trinajstić information content (AvgIpc) is 2.90. The molecule has 0 amide bonds. The van der Waals surface area contributed by atoms with Gasteiger partial charge in [0, 0.05) is 22.6 Å². The van der Waals surface area contributed by atoms with Crippen LogP contribution in [0, 0.1) is 0 Å². The summed E-state index contributed by atoms with van der Waals surface area (Å²) in [7, 11) is 0. The fourth-order valence-corrected chi connectivity index (χ4v) is 4.06. The smallest absolute Gasteiger partial charge is 0.119 e. The number of thioether (sulfide) groups is 1. The van der Waals surface area contributed by atoms with E-state index in [0.717, 1.165) is 11.5 Å². The largest absolute Gasteiger partial charge is 0.491 e. The van der Waals surface area contributed by atoms with Crippen LogP contribution in [0.15, 0.2) is 53.4 Å². The lowest BCUT2D eigenvalue weighted by Gasteiger charge is -2.20. The van der Waals surface area contributed by atoms with Crippen molar-refractivity contribution in [3.63, 3.8) is 0 Å². The van der Waals surface area contributed by atoms with Gasteiger partial charge < -0.3 is 10.5 Å². The topological polar surface area (TPSA) is 35.2 Å². The highest BCUT2D eigenvalue weighted by Gasteiger charge is 2.28. The Morgan fingerprint density at radius 1 is 1.10 bits per heavy atom. The molecule has 0 spiro atoms. The summed E-state index contributed by atoms with van der Waals surface area (Å²) in [5, 5.41) is 0. The van der Waals surface area contributed by atoms with E-state index in [-0.39, 0.29) is 12.1 Å². The van der Waals surface area contributed by atoms with Gasteiger partial charge in [-0.15, -0.1) is 11.8 Å². The van der Waals surface area contributed by atoms with Crippen molar-refractivity contribution in [3.05, 3.63) is 59.7 Å². The number of hydrogen-bond acceptors (Lipinski definition) is 3. The SMILES string of the molecule is CC(C)Oc1ccc(C(N)C2CSc3ccccc32)cc1. The zero-order chi connectivity index (χ0) is 14.8. The number of nitrogens with two attached hydrogens (primary N) is 1. The molecule has 2 N–H and O–H groups in total. The molecule has 110 valence electrons. The summed E-state index contributed by atoms with van der Waals surface area (Å²) in [5.74, 6) is 2.36. The fraction of sp³-hybridized carbons (Fsp3) is 0.333. The molecular formula is C18H21NOS. The molecule has 0 saturated carbocycles. The Bertz CT molecular complexity index is 609. The van der Waals surface area contributed by atoms with E-state index >= 15 is 0 Å². The molecule has 0 aromatic heterocycles. The van der Waals surface area contributed by atoms with E-state index in [1.54, 1.807) is 0 Å². The van der Waals surface area contributed by atoms with Crippen LogP contribution < -0.4 is 10.5 Å². The lowest BCUT2D eigenvalue weighted by Crippen LogP contribution is -2.19. The molecule has 1 aliphatic rings. The van der Waals surface area contributed by atoms with Crippen molar-refractivity contribution in [1.82, 2.24) is 0 Å². The summed E-state index contributed by atoms with van der Waals surface area (Å²) in [6, 6.07) is 16.8. The van der Waals surface area contributed by atoms with Gasteiger partial charge in [-0.1, -0.05) is 30.3 Å². The first-order valence-electron chi connectivity index (χ1n) is 7.39. The minimum absolute atomic E-state index is 0.0363. The lowest BCUT2D eigenvalue weighted by atomic mass is 9.89. The number of hydrogen-bond donors (Lipinski definition) is 1. The molecule has 2 aromatic rings. The van der Waals surface area contributed by atoms with Gasteiger partial charge in [-0.05, 0) is 43.2 Å². The molecule has 0 fully saturated rings. The van der Waals surface area contributed by atoms with Crippen LogP contribution in [0.2, 0.25) is 0 Å². The second kappa shape index (κ2) is 6.12. The first-order chi connectivity index (χ1) is 10.1. The molecule has 3 heteroatoms. The predicted octanol–water partition coefficient (Wildman–Crippen LogP) is 4.36. The van der Waals surface area contributed by atoms with E-state index in [1.807, 2.05) is 37.7 Å². The van der Waals surface area contributed by atoms with Crippen LogP contribution in [0.1, 0.15) is 36.9 Å². The minimum atomic E-state index is 0.0363. The normalized spacial score (nSPS) is 18.6. The van der Waals surface area contributed by atoms with Crippen molar-refractivity contribution >= 4 is 11.8 Å². The first-order valence-corrected chi connectivity index (χ1v) is 8.37. The predicted molar refractivity (Wildman–Crippen MR) is 89.0 cm³/mol. The van der Waals surface area contributed by atoms with Crippen molar-refractivity contribution in [1.29, 1.82) is 0 Å². The van der Waals surface area contributed by atoms with Gasteiger partial charge in [-0.2, -0.15) is 0 Å². The maximum absolute atomic E-state index is 6.51. The van der Waals surface area contributed by atoms with Gasteiger partial charge in [0.15, 0.2) is 0 Å². The van der Waals surface area contributed by atoms with Gasteiger partial charge in [0.05, 0.1) is 6.10 Å². The number of rotatable bonds is 4. The number of benzene rings is 2. The van der Waals surface area contributed by atoms with Crippen LogP contribution >= 0.6 is 11.8 Å². The van der Waals surface area contributed by atoms with E-state index in [4.69, 9.17) is 10.5 Å². The average molecular weight is 299 g/mol. The highest BCUT2D eigenvalue weighted by molar-refractivity contribution is 7.99. The molecule has 1 heterocycles. The molecule has 1 aliphatic heterocycles. The molecule has 21 heavy (non-hydrogen) atoms. The van der Waals surface area contributed by atoms with Crippen LogP contribution in [-0.2, 0) is 0 Å². The highest BCUT2D eigenvalue weighted by atomic mass is 32.2. The van der Waals surface area contributed by atoms with E-state index < -0.39 is 0 Å². The van der Waals surface area contributed by atoms with Crippen LogP contribution in [0.3, 0.4) is 0 Å². The summed E-state index contributed by atoms with van der Waals surface area (Å²) >= 11 is 1.91. The van der Waals surface area contributed by atoms with Crippen molar-refractivity contribution in [2.24, 2.45) is 5.73 Å². The monoisotopic (exact) mass is 299 g/mol. The maximum Gasteiger partial charge on any atom is 0.119 e. The molecule has 2 nitrogen and oxygen atoms in total. The van der Waals surface area contributed by atoms with Crippen molar-refractivity contribution in [2.45, 2.75) is 36.8 Å².